The van der Waals surface area contributed by atoms with E-state index in [0.717, 1.165) is 61.3 Å². The lowest BCUT2D eigenvalue weighted by atomic mass is 9.81. The van der Waals surface area contributed by atoms with Crippen LogP contribution in [0, 0.1) is 11.8 Å². The molecule has 1 unspecified atom stereocenters. The highest BCUT2D eigenvalue weighted by Crippen LogP contribution is 2.31. The zero-order chi connectivity index (χ0) is 39.0. The van der Waals surface area contributed by atoms with Crippen molar-refractivity contribution in [3.8, 4) is 28.4 Å². The number of nitrogens with zero attached hydrogens (tertiary/aromatic N) is 7. The smallest absolute Gasteiger partial charge is 0.407 e. The Labute approximate surface area is 321 Å². The molecule has 1 saturated heterocycles. The minimum Gasteiger partial charge on any atom is -0.480 e. The number of rotatable bonds is 12. The summed E-state index contributed by atoms with van der Waals surface area (Å²) in [6.07, 6.45) is 4.49. The zero-order valence-electron chi connectivity index (χ0n) is 32.2. The second kappa shape index (κ2) is 17.7. The average Bonchev–Trinajstić information content (AvgIpc) is 3.72. The molecule has 0 spiro atoms. The Morgan fingerprint density at radius 1 is 0.945 bits per heavy atom. The number of carbonyl (C=O) groups excluding carboxylic acids is 3. The molecule has 55 heavy (non-hydrogen) atoms. The summed E-state index contributed by atoms with van der Waals surface area (Å²) in [5, 5.41) is 22.9. The van der Waals surface area contributed by atoms with E-state index in [1.54, 1.807) is 37.6 Å². The first-order valence-corrected chi connectivity index (χ1v) is 18.8. The van der Waals surface area contributed by atoms with Crippen LogP contribution in [-0.4, -0.2) is 112 Å². The Balaban J connectivity index is 1.12. The Morgan fingerprint density at radius 3 is 2.27 bits per heavy atom. The SMILES string of the molecule is COc1nc(N2CCN(C)CC2)ncc1-c1ccc(CC(NC(=O)C2CCC(CNC(=O)OC(C)(C)C)CC2)C(=O)Nc2ccc(-c3nn[nH]n3)cc2)cc1. The third-order valence-electron chi connectivity index (χ3n) is 9.97. The van der Waals surface area contributed by atoms with Gasteiger partial charge in [-0.3, -0.25) is 9.59 Å². The van der Waals surface area contributed by atoms with Crippen LogP contribution in [0.3, 0.4) is 0 Å². The molecule has 2 aromatic heterocycles. The zero-order valence-corrected chi connectivity index (χ0v) is 32.2. The summed E-state index contributed by atoms with van der Waals surface area (Å²) in [5.41, 5.74) is 3.23. The van der Waals surface area contributed by atoms with Gasteiger partial charge in [0.15, 0.2) is 0 Å². The van der Waals surface area contributed by atoms with E-state index in [9.17, 15) is 14.4 Å². The standard InChI is InChI=1S/C39H51N11O5/c1-39(2,3)55-38(53)41-23-26-8-12-29(13-9-26)34(51)43-32(35(52)42-30-16-14-28(15-17-30)33-45-47-48-46-33)22-25-6-10-27(11-7-25)31-24-40-37(44-36(31)54-5)50-20-18-49(4)19-21-50/h6-7,10-11,14-17,24,26,29,32H,8-9,12-13,18-23H2,1-5H3,(H,41,53)(H,42,52)(H,43,51)(H,45,46,47,48). The van der Waals surface area contributed by atoms with Gasteiger partial charge >= 0.3 is 6.09 Å². The van der Waals surface area contributed by atoms with Gasteiger partial charge in [-0.1, -0.05) is 24.3 Å². The monoisotopic (exact) mass is 753 g/mol. The number of piperazine rings is 1. The van der Waals surface area contributed by atoms with Crippen molar-refractivity contribution < 1.29 is 23.9 Å². The van der Waals surface area contributed by atoms with Crippen molar-refractivity contribution in [2.75, 3.05) is 57.1 Å². The molecular formula is C39H51N11O5. The molecule has 0 bridgehead atoms. The number of hydrogen-bond donors (Lipinski definition) is 4. The van der Waals surface area contributed by atoms with Crippen molar-refractivity contribution in [2.45, 2.75) is 64.5 Å². The summed E-state index contributed by atoms with van der Waals surface area (Å²) < 4.78 is 11.0. The van der Waals surface area contributed by atoms with E-state index in [0.29, 0.717) is 42.7 Å². The maximum absolute atomic E-state index is 13.8. The molecule has 1 aliphatic heterocycles. The van der Waals surface area contributed by atoms with E-state index in [1.165, 1.54) is 0 Å². The van der Waals surface area contributed by atoms with Crippen LogP contribution >= 0.6 is 0 Å². The number of methoxy groups -OCH3 is 1. The Bertz CT molecular complexity index is 1880. The van der Waals surface area contributed by atoms with E-state index < -0.39 is 17.7 Å². The molecular weight excluding hydrogens is 703 g/mol. The van der Waals surface area contributed by atoms with Crippen LogP contribution in [0.5, 0.6) is 5.88 Å². The molecule has 1 aliphatic carbocycles. The summed E-state index contributed by atoms with van der Waals surface area (Å²) in [4.78, 5) is 53.5. The number of aromatic nitrogens is 6. The summed E-state index contributed by atoms with van der Waals surface area (Å²) in [6, 6.07) is 14.0. The Hall–Kier alpha value is -5.64. The van der Waals surface area contributed by atoms with Gasteiger partial charge in [0.2, 0.25) is 29.5 Å². The molecule has 16 nitrogen and oxygen atoms in total. The number of likely N-dealkylation sites (N-methyl/N-ethyl adjacent to an activating group) is 1. The quantitative estimate of drug-likeness (QED) is 0.162. The van der Waals surface area contributed by atoms with E-state index in [2.05, 4.69) is 58.4 Å². The molecule has 4 N–H and O–H groups in total. The summed E-state index contributed by atoms with van der Waals surface area (Å²) in [7, 11) is 3.71. The van der Waals surface area contributed by atoms with Crippen molar-refractivity contribution in [2.24, 2.45) is 11.8 Å². The molecule has 3 amide bonds. The van der Waals surface area contributed by atoms with Crippen molar-refractivity contribution >= 4 is 29.5 Å². The van der Waals surface area contributed by atoms with Crippen LogP contribution in [0.15, 0.2) is 54.7 Å². The van der Waals surface area contributed by atoms with Crippen LogP contribution in [0.1, 0.15) is 52.0 Å². The Kier molecular flexibility index (Phi) is 12.5. The van der Waals surface area contributed by atoms with Gasteiger partial charge in [0.1, 0.15) is 11.6 Å². The fourth-order valence-electron chi connectivity index (χ4n) is 6.81. The van der Waals surface area contributed by atoms with Crippen molar-refractivity contribution in [3.63, 3.8) is 0 Å². The second-order valence-corrected chi connectivity index (χ2v) is 15.2. The average molecular weight is 754 g/mol. The molecule has 16 heteroatoms. The molecule has 6 rings (SSSR count). The van der Waals surface area contributed by atoms with Crippen LogP contribution in [-0.2, 0) is 20.7 Å². The summed E-state index contributed by atoms with van der Waals surface area (Å²) in [5.74, 6) is 1.08. The molecule has 3 heterocycles. The fraction of sp³-hybridized carbons (Fsp3) is 0.487. The normalized spacial score (nSPS) is 18.2. The first kappa shape index (κ1) is 39.1. The number of tetrazole rings is 1. The molecule has 1 saturated carbocycles. The number of ether oxygens (including phenoxy) is 2. The van der Waals surface area contributed by atoms with E-state index in [1.807, 2.05) is 45.0 Å². The maximum atomic E-state index is 13.8. The number of alkyl carbamates (subject to hydrolysis) is 1. The molecule has 2 aromatic carbocycles. The minimum absolute atomic E-state index is 0.162. The number of nitrogens with one attached hydrogen (secondary N) is 4. The van der Waals surface area contributed by atoms with E-state index in [4.69, 9.17) is 14.5 Å². The predicted octanol–water partition coefficient (Wildman–Crippen LogP) is 4.08. The van der Waals surface area contributed by atoms with Crippen LogP contribution in [0.2, 0.25) is 0 Å². The number of benzene rings is 2. The lowest BCUT2D eigenvalue weighted by molar-refractivity contribution is -0.130. The van der Waals surface area contributed by atoms with Crippen molar-refractivity contribution in [3.05, 3.63) is 60.3 Å². The molecule has 0 radical (unpaired) electrons. The third kappa shape index (κ3) is 10.7. The molecule has 1 atom stereocenters. The van der Waals surface area contributed by atoms with E-state index in [-0.39, 0.29) is 30.1 Å². The largest absolute Gasteiger partial charge is 0.480 e. The number of amides is 3. The first-order valence-electron chi connectivity index (χ1n) is 18.8. The van der Waals surface area contributed by atoms with E-state index >= 15 is 0 Å². The molecule has 4 aromatic rings. The minimum atomic E-state index is -0.845. The number of aromatic amines is 1. The van der Waals surface area contributed by atoms with Gasteiger partial charge in [0.05, 0.1) is 12.7 Å². The highest BCUT2D eigenvalue weighted by atomic mass is 16.6. The van der Waals surface area contributed by atoms with Crippen LogP contribution in [0.4, 0.5) is 16.4 Å². The number of H-pyrrole nitrogens is 1. The lowest BCUT2D eigenvalue weighted by Gasteiger charge is -2.32. The van der Waals surface area contributed by atoms with Crippen molar-refractivity contribution in [1.82, 2.24) is 46.1 Å². The highest BCUT2D eigenvalue weighted by molar-refractivity contribution is 5.97. The maximum Gasteiger partial charge on any atom is 0.407 e. The number of anilines is 2. The molecule has 2 aliphatic rings. The fourth-order valence-corrected chi connectivity index (χ4v) is 6.81. The van der Waals surface area contributed by atoms with Gasteiger partial charge < -0.3 is 35.2 Å². The van der Waals surface area contributed by atoms with Gasteiger partial charge in [-0.05, 0) is 100 Å². The lowest BCUT2D eigenvalue weighted by Crippen LogP contribution is -2.48. The molecule has 2 fully saturated rings. The third-order valence-corrected chi connectivity index (χ3v) is 9.97. The van der Waals surface area contributed by atoms with Gasteiger partial charge in [0.25, 0.3) is 0 Å². The predicted molar refractivity (Wildman–Crippen MR) is 207 cm³/mol. The van der Waals surface area contributed by atoms with Crippen LogP contribution < -0.4 is 25.6 Å². The second-order valence-electron chi connectivity index (χ2n) is 15.2. The first-order chi connectivity index (χ1) is 26.4. The topological polar surface area (TPSA) is 192 Å². The summed E-state index contributed by atoms with van der Waals surface area (Å²) in [6.45, 7) is 9.56. The van der Waals surface area contributed by atoms with Crippen LogP contribution in [0.25, 0.3) is 22.5 Å². The summed E-state index contributed by atoms with van der Waals surface area (Å²) >= 11 is 0. The van der Waals surface area contributed by atoms with Gasteiger partial charge in [0, 0.05) is 62.5 Å². The van der Waals surface area contributed by atoms with Gasteiger partial charge in [-0.15, -0.1) is 10.2 Å². The van der Waals surface area contributed by atoms with Gasteiger partial charge in [-0.25, -0.2) is 9.78 Å². The highest BCUT2D eigenvalue weighted by Gasteiger charge is 2.30. The molecule has 292 valence electrons. The number of carbonyl (C=O) groups is 3. The number of hydrogen-bond acceptors (Lipinski definition) is 12. The van der Waals surface area contributed by atoms with Gasteiger partial charge in [-0.2, -0.15) is 10.2 Å². The Morgan fingerprint density at radius 2 is 1.64 bits per heavy atom. The van der Waals surface area contributed by atoms with Crippen molar-refractivity contribution in [1.29, 1.82) is 0 Å².